The summed E-state index contributed by atoms with van der Waals surface area (Å²) in [5.74, 6) is 2.79. The molecule has 1 saturated heterocycles. The summed E-state index contributed by atoms with van der Waals surface area (Å²) in [6.45, 7) is 6.65. The Morgan fingerprint density at radius 2 is 1.89 bits per heavy atom. The van der Waals surface area contributed by atoms with Gasteiger partial charge in [0.2, 0.25) is 0 Å². The van der Waals surface area contributed by atoms with Crippen molar-refractivity contribution in [3.8, 4) is 5.75 Å². The second-order valence-electron chi connectivity index (χ2n) is 7.11. The molecule has 1 fully saturated rings. The molecule has 2 aromatic rings. The van der Waals surface area contributed by atoms with Crippen molar-refractivity contribution in [3.63, 3.8) is 0 Å². The van der Waals surface area contributed by atoms with Crippen LogP contribution in [0.4, 0.5) is 5.69 Å². The van der Waals surface area contributed by atoms with Crippen molar-refractivity contribution in [2.24, 2.45) is 0 Å². The maximum atomic E-state index is 12.7. The molecule has 1 N–H and O–H groups in total. The Labute approximate surface area is 170 Å². The molecule has 0 aliphatic carbocycles. The van der Waals surface area contributed by atoms with E-state index in [4.69, 9.17) is 16.3 Å². The minimum Gasteiger partial charge on any atom is -0.478 e. The molecule has 144 valence electrons. The third kappa shape index (κ3) is 5.89. The zero-order chi connectivity index (χ0) is 19.3. The van der Waals surface area contributed by atoms with Crippen LogP contribution in [0.5, 0.6) is 5.75 Å². The quantitative estimate of drug-likeness (QED) is 0.758. The standard InChI is InChI=1S/C21H25ClN2O2S/c1-21(2,26-19-8-6-17(22)7-9-19)20(25)23-18-5-3-4-16(14-18)15-24-10-12-27-13-11-24/h3-9,14H,10-13,15H2,1-2H3,(H,23,25). The van der Waals surface area contributed by atoms with Crippen molar-refractivity contribution < 1.29 is 9.53 Å². The minimum absolute atomic E-state index is 0.191. The number of amides is 1. The summed E-state index contributed by atoms with van der Waals surface area (Å²) in [5, 5.41) is 3.61. The van der Waals surface area contributed by atoms with Crippen LogP contribution in [0.3, 0.4) is 0 Å². The van der Waals surface area contributed by atoms with Crippen LogP contribution in [-0.4, -0.2) is 41.0 Å². The van der Waals surface area contributed by atoms with Crippen LogP contribution in [0.25, 0.3) is 0 Å². The summed E-state index contributed by atoms with van der Waals surface area (Å²) in [6.07, 6.45) is 0. The summed E-state index contributed by atoms with van der Waals surface area (Å²) < 4.78 is 5.86. The topological polar surface area (TPSA) is 41.6 Å². The van der Waals surface area contributed by atoms with Gasteiger partial charge in [-0.1, -0.05) is 23.7 Å². The number of nitrogens with zero attached hydrogens (tertiary/aromatic N) is 1. The predicted octanol–water partition coefficient (Wildman–Crippen LogP) is 4.68. The Bertz CT molecular complexity index is 774. The molecule has 1 aliphatic rings. The average Bonchev–Trinajstić information content (AvgIpc) is 2.64. The first-order chi connectivity index (χ1) is 12.9. The molecular formula is C21H25ClN2O2S. The number of benzene rings is 2. The molecule has 0 aromatic heterocycles. The van der Waals surface area contributed by atoms with Gasteiger partial charge in [0.15, 0.2) is 5.60 Å². The summed E-state index contributed by atoms with van der Waals surface area (Å²) in [4.78, 5) is 15.2. The van der Waals surface area contributed by atoms with E-state index in [-0.39, 0.29) is 5.91 Å². The molecule has 1 aliphatic heterocycles. The van der Waals surface area contributed by atoms with Crippen LogP contribution >= 0.6 is 23.4 Å². The molecule has 0 radical (unpaired) electrons. The largest absolute Gasteiger partial charge is 0.478 e. The summed E-state index contributed by atoms with van der Waals surface area (Å²) >= 11 is 7.90. The number of halogens is 1. The molecule has 4 nitrogen and oxygen atoms in total. The van der Waals surface area contributed by atoms with Crippen molar-refractivity contribution in [2.75, 3.05) is 29.9 Å². The molecule has 0 spiro atoms. The van der Waals surface area contributed by atoms with Crippen molar-refractivity contribution in [2.45, 2.75) is 26.0 Å². The lowest BCUT2D eigenvalue weighted by Gasteiger charge is -2.27. The van der Waals surface area contributed by atoms with Gasteiger partial charge in [0.05, 0.1) is 0 Å². The number of nitrogens with one attached hydrogen (secondary N) is 1. The lowest BCUT2D eigenvalue weighted by Crippen LogP contribution is -2.42. The number of thioether (sulfide) groups is 1. The smallest absolute Gasteiger partial charge is 0.267 e. The normalized spacial score (nSPS) is 15.4. The predicted molar refractivity (Wildman–Crippen MR) is 114 cm³/mol. The molecular weight excluding hydrogens is 380 g/mol. The van der Waals surface area contributed by atoms with Crippen LogP contribution in [0.1, 0.15) is 19.4 Å². The molecule has 1 amide bonds. The van der Waals surface area contributed by atoms with Crippen molar-refractivity contribution >= 4 is 35.0 Å². The fraction of sp³-hybridized carbons (Fsp3) is 0.381. The SMILES string of the molecule is CC(C)(Oc1ccc(Cl)cc1)C(=O)Nc1cccc(CN2CCSCC2)c1. The highest BCUT2D eigenvalue weighted by Gasteiger charge is 2.30. The molecule has 27 heavy (non-hydrogen) atoms. The maximum absolute atomic E-state index is 12.7. The van der Waals surface area contributed by atoms with Crippen molar-refractivity contribution in [1.29, 1.82) is 0 Å². The molecule has 3 rings (SSSR count). The fourth-order valence-electron chi connectivity index (χ4n) is 2.89. The molecule has 2 aromatic carbocycles. The monoisotopic (exact) mass is 404 g/mol. The second kappa shape index (κ2) is 9.00. The van der Waals surface area contributed by atoms with Gasteiger partial charge < -0.3 is 10.1 Å². The third-order valence-electron chi connectivity index (χ3n) is 4.43. The Morgan fingerprint density at radius 1 is 1.19 bits per heavy atom. The van der Waals surface area contributed by atoms with E-state index in [2.05, 4.69) is 16.3 Å². The van der Waals surface area contributed by atoms with Gasteiger partial charge in [0, 0.05) is 41.8 Å². The number of carbonyl (C=O) groups excluding carboxylic acids is 1. The van der Waals surface area contributed by atoms with Crippen LogP contribution in [0, 0.1) is 0 Å². The minimum atomic E-state index is -1.01. The lowest BCUT2D eigenvalue weighted by molar-refractivity contribution is -0.128. The molecule has 0 unspecified atom stereocenters. The summed E-state index contributed by atoms with van der Waals surface area (Å²) in [5.41, 5.74) is 0.987. The van der Waals surface area contributed by atoms with Gasteiger partial charge in [-0.25, -0.2) is 0 Å². The number of anilines is 1. The second-order valence-corrected chi connectivity index (χ2v) is 8.77. The first kappa shape index (κ1) is 20.1. The zero-order valence-corrected chi connectivity index (χ0v) is 17.3. The molecule has 0 bridgehead atoms. The zero-order valence-electron chi connectivity index (χ0n) is 15.7. The Kier molecular flexibility index (Phi) is 6.68. The van der Waals surface area contributed by atoms with Crippen LogP contribution in [0.15, 0.2) is 48.5 Å². The molecule has 1 heterocycles. The lowest BCUT2D eigenvalue weighted by atomic mass is 10.1. The van der Waals surface area contributed by atoms with Gasteiger partial charge in [-0.3, -0.25) is 9.69 Å². The number of hydrogen-bond donors (Lipinski definition) is 1. The molecule has 0 atom stereocenters. The fourth-order valence-corrected chi connectivity index (χ4v) is 3.99. The summed E-state index contributed by atoms with van der Waals surface area (Å²) in [7, 11) is 0. The van der Waals surface area contributed by atoms with Gasteiger partial charge in [-0.05, 0) is 55.8 Å². The van der Waals surface area contributed by atoms with E-state index in [1.54, 1.807) is 38.1 Å². The van der Waals surface area contributed by atoms with E-state index in [9.17, 15) is 4.79 Å². The molecule has 6 heteroatoms. The van der Waals surface area contributed by atoms with Gasteiger partial charge in [0.25, 0.3) is 5.91 Å². The first-order valence-electron chi connectivity index (χ1n) is 9.07. The van der Waals surface area contributed by atoms with Crippen molar-refractivity contribution in [3.05, 3.63) is 59.1 Å². The third-order valence-corrected chi connectivity index (χ3v) is 5.62. The van der Waals surface area contributed by atoms with E-state index in [0.717, 1.165) is 25.3 Å². The number of hydrogen-bond acceptors (Lipinski definition) is 4. The van der Waals surface area contributed by atoms with Gasteiger partial charge in [0.1, 0.15) is 5.75 Å². The Hall–Kier alpha value is -1.69. The maximum Gasteiger partial charge on any atom is 0.267 e. The highest BCUT2D eigenvalue weighted by molar-refractivity contribution is 7.99. The van der Waals surface area contributed by atoms with Gasteiger partial charge in [-0.2, -0.15) is 11.8 Å². The summed E-state index contributed by atoms with van der Waals surface area (Å²) in [6, 6.07) is 15.0. The van der Waals surface area contributed by atoms with E-state index in [1.807, 2.05) is 30.0 Å². The van der Waals surface area contributed by atoms with Crippen LogP contribution in [-0.2, 0) is 11.3 Å². The van der Waals surface area contributed by atoms with Crippen molar-refractivity contribution in [1.82, 2.24) is 4.90 Å². The van der Waals surface area contributed by atoms with Crippen LogP contribution in [0.2, 0.25) is 5.02 Å². The Balaban J connectivity index is 1.62. The number of rotatable bonds is 6. The van der Waals surface area contributed by atoms with Gasteiger partial charge in [-0.15, -0.1) is 0 Å². The van der Waals surface area contributed by atoms with E-state index in [1.165, 1.54) is 17.1 Å². The average molecular weight is 405 g/mol. The number of carbonyl (C=O) groups is 1. The molecule has 0 saturated carbocycles. The Morgan fingerprint density at radius 3 is 2.59 bits per heavy atom. The van der Waals surface area contributed by atoms with E-state index in [0.29, 0.717) is 10.8 Å². The highest BCUT2D eigenvalue weighted by Crippen LogP contribution is 2.23. The number of ether oxygens (including phenoxy) is 1. The van der Waals surface area contributed by atoms with Gasteiger partial charge >= 0.3 is 0 Å². The van der Waals surface area contributed by atoms with E-state index >= 15 is 0 Å². The highest BCUT2D eigenvalue weighted by atomic mass is 35.5. The first-order valence-corrected chi connectivity index (χ1v) is 10.6. The van der Waals surface area contributed by atoms with E-state index < -0.39 is 5.60 Å². The van der Waals surface area contributed by atoms with Crippen LogP contribution < -0.4 is 10.1 Å².